The summed E-state index contributed by atoms with van der Waals surface area (Å²) in [4.78, 5) is 36.4. The van der Waals surface area contributed by atoms with E-state index in [0.29, 0.717) is 41.6 Å². The Morgan fingerprint density at radius 1 is 1.35 bits per heavy atom. The summed E-state index contributed by atoms with van der Waals surface area (Å²) in [6.45, 7) is 3.80. The van der Waals surface area contributed by atoms with Crippen LogP contribution in [-0.2, 0) is 16.0 Å². The number of anilines is 1. The molecule has 0 spiro atoms. The number of hydrogen-bond donors (Lipinski definition) is 2. The Labute approximate surface area is 135 Å². The van der Waals surface area contributed by atoms with Crippen molar-refractivity contribution in [2.45, 2.75) is 39.2 Å². The molecule has 1 aliphatic rings. The van der Waals surface area contributed by atoms with Crippen molar-refractivity contribution in [1.82, 2.24) is 5.32 Å². The number of hydrogen-bond acceptors (Lipinski definition) is 5. The van der Waals surface area contributed by atoms with Gasteiger partial charge in [0.25, 0.3) is 5.91 Å². The average molecular weight is 318 g/mol. The molecular formula is C17H22N2O4. The molecule has 6 heteroatoms. The van der Waals surface area contributed by atoms with E-state index in [9.17, 15) is 14.4 Å². The zero-order valence-electron chi connectivity index (χ0n) is 13.6. The summed E-state index contributed by atoms with van der Waals surface area (Å²) in [7, 11) is 1.29. The van der Waals surface area contributed by atoms with Crippen molar-refractivity contribution in [3.63, 3.8) is 0 Å². The number of ether oxygens (including phenoxy) is 1. The smallest absolute Gasteiger partial charge is 0.328 e. The standard InChI is InChI=1S/C17H22N2O4/c1-4-9(2)15(17(22)23-3)19-16(21)13-8-10(18)7-12-11(13)5-6-14(12)20/h7-9,15H,4-6,18H2,1-3H3,(H,19,21)/t9?,15-/m0/s1. The molecule has 0 radical (unpaired) electrons. The number of Topliss-reactive ketones (excluding diaryl/α,β-unsaturated/α-hetero) is 1. The van der Waals surface area contributed by atoms with Crippen LogP contribution in [0, 0.1) is 5.92 Å². The molecule has 23 heavy (non-hydrogen) atoms. The fourth-order valence-electron chi connectivity index (χ4n) is 2.80. The van der Waals surface area contributed by atoms with Crippen molar-refractivity contribution in [1.29, 1.82) is 0 Å². The fraction of sp³-hybridized carbons (Fsp3) is 0.471. The highest BCUT2D eigenvalue weighted by Gasteiger charge is 2.30. The fourth-order valence-corrected chi connectivity index (χ4v) is 2.80. The Bertz CT molecular complexity index is 654. The van der Waals surface area contributed by atoms with E-state index in [1.807, 2.05) is 13.8 Å². The van der Waals surface area contributed by atoms with Gasteiger partial charge >= 0.3 is 5.97 Å². The van der Waals surface area contributed by atoms with Gasteiger partial charge in [0, 0.05) is 23.2 Å². The second-order valence-electron chi connectivity index (χ2n) is 5.88. The number of ketones is 1. The first-order chi connectivity index (χ1) is 10.9. The number of nitrogens with two attached hydrogens (primary N) is 1. The predicted molar refractivity (Wildman–Crippen MR) is 86.2 cm³/mol. The van der Waals surface area contributed by atoms with Crippen LogP contribution in [0.4, 0.5) is 5.69 Å². The molecule has 1 aromatic rings. The summed E-state index contributed by atoms with van der Waals surface area (Å²) in [6, 6.07) is 2.43. The summed E-state index contributed by atoms with van der Waals surface area (Å²) < 4.78 is 4.77. The quantitative estimate of drug-likeness (QED) is 0.636. The van der Waals surface area contributed by atoms with Crippen LogP contribution in [-0.4, -0.2) is 30.8 Å². The van der Waals surface area contributed by atoms with Gasteiger partial charge in [-0.3, -0.25) is 9.59 Å². The number of amides is 1. The lowest BCUT2D eigenvalue weighted by atomic mass is 9.97. The number of methoxy groups -OCH3 is 1. The minimum Gasteiger partial charge on any atom is -0.467 e. The molecule has 0 bridgehead atoms. The molecule has 1 aromatic carbocycles. The largest absolute Gasteiger partial charge is 0.467 e. The third kappa shape index (κ3) is 3.36. The molecule has 124 valence electrons. The molecule has 2 atom stereocenters. The highest BCUT2D eigenvalue weighted by atomic mass is 16.5. The van der Waals surface area contributed by atoms with Crippen molar-refractivity contribution in [3.8, 4) is 0 Å². The van der Waals surface area contributed by atoms with Crippen LogP contribution in [0.25, 0.3) is 0 Å². The zero-order chi connectivity index (χ0) is 17.1. The highest BCUT2D eigenvalue weighted by Crippen LogP contribution is 2.28. The molecule has 1 amide bonds. The first-order valence-corrected chi connectivity index (χ1v) is 7.73. The molecule has 0 saturated heterocycles. The van der Waals surface area contributed by atoms with Gasteiger partial charge in [0.15, 0.2) is 5.78 Å². The van der Waals surface area contributed by atoms with Gasteiger partial charge in [-0.15, -0.1) is 0 Å². The minimum absolute atomic E-state index is 0.00667. The van der Waals surface area contributed by atoms with Crippen LogP contribution in [0.1, 0.15) is 53.0 Å². The third-order valence-electron chi connectivity index (χ3n) is 4.37. The number of nitrogens with one attached hydrogen (secondary N) is 1. The summed E-state index contributed by atoms with van der Waals surface area (Å²) >= 11 is 0. The second-order valence-corrected chi connectivity index (χ2v) is 5.88. The zero-order valence-corrected chi connectivity index (χ0v) is 13.6. The number of carbonyl (C=O) groups excluding carboxylic acids is 3. The highest BCUT2D eigenvalue weighted by molar-refractivity contribution is 6.07. The number of carbonyl (C=O) groups is 3. The summed E-state index contributed by atoms with van der Waals surface area (Å²) in [5.41, 5.74) is 7.75. The lowest BCUT2D eigenvalue weighted by molar-refractivity contribution is -0.144. The van der Waals surface area contributed by atoms with Crippen LogP contribution in [0.5, 0.6) is 0 Å². The van der Waals surface area contributed by atoms with E-state index in [0.717, 1.165) is 0 Å². The first-order valence-electron chi connectivity index (χ1n) is 7.73. The Morgan fingerprint density at radius 3 is 2.65 bits per heavy atom. The minimum atomic E-state index is -0.730. The van der Waals surface area contributed by atoms with Gasteiger partial charge in [0.2, 0.25) is 0 Å². The number of rotatable bonds is 5. The summed E-state index contributed by atoms with van der Waals surface area (Å²) in [5, 5.41) is 2.73. The molecule has 3 N–H and O–H groups in total. The monoisotopic (exact) mass is 318 g/mol. The van der Waals surface area contributed by atoms with Crippen molar-refractivity contribution in [3.05, 3.63) is 28.8 Å². The van der Waals surface area contributed by atoms with E-state index in [1.54, 1.807) is 12.1 Å². The van der Waals surface area contributed by atoms with E-state index in [4.69, 9.17) is 10.5 Å². The van der Waals surface area contributed by atoms with Gasteiger partial charge in [-0.2, -0.15) is 0 Å². The molecule has 6 nitrogen and oxygen atoms in total. The van der Waals surface area contributed by atoms with Gasteiger partial charge in [-0.05, 0) is 30.0 Å². The molecule has 0 heterocycles. The van der Waals surface area contributed by atoms with E-state index in [2.05, 4.69) is 5.32 Å². The molecule has 1 unspecified atom stereocenters. The lowest BCUT2D eigenvalue weighted by Gasteiger charge is -2.22. The SMILES string of the molecule is CCC(C)[C@H](NC(=O)c1cc(N)cc2c1CCC2=O)C(=O)OC. The number of esters is 1. The normalized spacial score (nSPS) is 15.7. The number of nitrogen functional groups attached to an aromatic ring is 1. The maximum absolute atomic E-state index is 12.6. The van der Waals surface area contributed by atoms with Gasteiger partial charge in [0.05, 0.1) is 7.11 Å². The van der Waals surface area contributed by atoms with Crippen LogP contribution in [0.2, 0.25) is 0 Å². The van der Waals surface area contributed by atoms with Crippen molar-refractivity contribution in [2.75, 3.05) is 12.8 Å². The van der Waals surface area contributed by atoms with Crippen LogP contribution >= 0.6 is 0 Å². The van der Waals surface area contributed by atoms with E-state index in [-0.39, 0.29) is 11.7 Å². The van der Waals surface area contributed by atoms with Crippen molar-refractivity contribution in [2.24, 2.45) is 5.92 Å². The molecule has 0 aliphatic heterocycles. The topological polar surface area (TPSA) is 98.5 Å². The van der Waals surface area contributed by atoms with E-state index < -0.39 is 17.9 Å². The van der Waals surface area contributed by atoms with Crippen LogP contribution < -0.4 is 11.1 Å². The predicted octanol–water partition coefficient (Wildman–Crippen LogP) is 1.72. The van der Waals surface area contributed by atoms with Gasteiger partial charge in [0.1, 0.15) is 6.04 Å². The Hall–Kier alpha value is -2.37. The van der Waals surface area contributed by atoms with Gasteiger partial charge < -0.3 is 15.8 Å². The maximum atomic E-state index is 12.6. The molecule has 0 aromatic heterocycles. The van der Waals surface area contributed by atoms with Gasteiger partial charge in [-0.1, -0.05) is 20.3 Å². The lowest BCUT2D eigenvalue weighted by Crippen LogP contribution is -2.45. The molecule has 1 aliphatic carbocycles. The van der Waals surface area contributed by atoms with Crippen molar-refractivity contribution >= 4 is 23.3 Å². The molecule has 0 fully saturated rings. The van der Waals surface area contributed by atoms with Crippen LogP contribution in [0.15, 0.2) is 12.1 Å². The van der Waals surface area contributed by atoms with Crippen molar-refractivity contribution < 1.29 is 19.1 Å². The molecular weight excluding hydrogens is 296 g/mol. The third-order valence-corrected chi connectivity index (χ3v) is 4.37. The molecule has 0 saturated carbocycles. The van der Waals surface area contributed by atoms with Gasteiger partial charge in [-0.25, -0.2) is 4.79 Å². The van der Waals surface area contributed by atoms with E-state index in [1.165, 1.54) is 7.11 Å². The Kier molecular flexibility index (Phi) is 5.03. The van der Waals surface area contributed by atoms with E-state index >= 15 is 0 Å². The number of fused-ring (bicyclic) bond motifs is 1. The summed E-state index contributed by atoms with van der Waals surface area (Å²) in [5.74, 6) is -0.960. The van der Waals surface area contributed by atoms with Crippen LogP contribution in [0.3, 0.4) is 0 Å². The average Bonchev–Trinajstić information content (AvgIpc) is 2.91. The summed E-state index contributed by atoms with van der Waals surface area (Å²) in [6.07, 6.45) is 1.61. The Balaban J connectivity index is 2.32. The maximum Gasteiger partial charge on any atom is 0.328 e. The first kappa shape index (κ1) is 17.0. The number of benzene rings is 1. The molecule has 2 rings (SSSR count). The second kappa shape index (κ2) is 6.81. The Morgan fingerprint density at radius 2 is 2.04 bits per heavy atom.